The van der Waals surface area contributed by atoms with E-state index in [9.17, 15) is 9.59 Å². The Kier molecular flexibility index (Phi) is 7.31. The molecule has 0 spiro atoms. The van der Waals surface area contributed by atoms with Gasteiger partial charge in [0.2, 0.25) is 0 Å². The van der Waals surface area contributed by atoms with Gasteiger partial charge in [-0.2, -0.15) is 0 Å². The van der Waals surface area contributed by atoms with Gasteiger partial charge in [0.1, 0.15) is 5.75 Å². The van der Waals surface area contributed by atoms with E-state index in [1.165, 1.54) is 6.42 Å². The summed E-state index contributed by atoms with van der Waals surface area (Å²) in [6.45, 7) is 2.34. The molecule has 2 amide bonds. The number of ether oxygens (including phenoxy) is 1. The van der Waals surface area contributed by atoms with E-state index >= 15 is 0 Å². The molecule has 0 radical (unpaired) electrons. The monoisotopic (exact) mass is 458 g/mol. The number of halogens is 1. The lowest BCUT2D eigenvalue weighted by Gasteiger charge is -2.31. The van der Waals surface area contributed by atoms with Crippen molar-refractivity contribution in [2.75, 3.05) is 19.0 Å². The van der Waals surface area contributed by atoms with Crippen LogP contribution in [0.2, 0.25) is 0 Å². The van der Waals surface area contributed by atoms with Crippen LogP contribution < -0.4 is 10.1 Å². The third-order valence-electron chi connectivity index (χ3n) is 5.33. The van der Waals surface area contributed by atoms with E-state index in [0.717, 1.165) is 30.2 Å². The smallest absolute Gasteiger partial charge is 0.259 e. The molecule has 0 aliphatic heterocycles. The number of hydrogen-bond acceptors (Lipinski definition) is 3. The summed E-state index contributed by atoms with van der Waals surface area (Å²) in [5, 5.41) is 2.90. The molecule has 29 heavy (non-hydrogen) atoms. The summed E-state index contributed by atoms with van der Waals surface area (Å²) < 4.78 is 6.37. The number of hydrogen-bond donors (Lipinski definition) is 1. The van der Waals surface area contributed by atoms with Crippen molar-refractivity contribution in [3.8, 4) is 5.75 Å². The van der Waals surface area contributed by atoms with Gasteiger partial charge >= 0.3 is 0 Å². The minimum atomic E-state index is -0.310. The Labute approximate surface area is 180 Å². The van der Waals surface area contributed by atoms with E-state index in [1.807, 2.05) is 37.1 Å². The summed E-state index contributed by atoms with van der Waals surface area (Å²) in [7, 11) is 1.86. The number of benzene rings is 2. The quantitative estimate of drug-likeness (QED) is 0.620. The van der Waals surface area contributed by atoms with E-state index in [4.69, 9.17) is 4.74 Å². The number of anilines is 1. The maximum Gasteiger partial charge on any atom is 0.259 e. The van der Waals surface area contributed by atoms with Gasteiger partial charge in [0.25, 0.3) is 11.8 Å². The first-order valence-electron chi connectivity index (χ1n) is 10.1. The molecule has 0 saturated heterocycles. The highest BCUT2D eigenvalue weighted by atomic mass is 79.9. The van der Waals surface area contributed by atoms with Crippen molar-refractivity contribution < 1.29 is 14.3 Å². The molecule has 1 N–H and O–H groups in total. The highest BCUT2D eigenvalue weighted by Crippen LogP contribution is 2.27. The fourth-order valence-corrected chi connectivity index (χ4v) is 4.11. The highest BCUT2D eigenvalue weighted by molar-refractivity contribution is 9.10. The first-order chi connectivity index (χ1) is 14.0. The average molecular weight is 459 g/mol. The molecule has 5 nitrogen and oxygen atoms in total. The summed E-state index contributed by atoms with van der Waals surface area (Å²) >= 11 is 3.41. The van der Waals surface area contributed by atoms with E-state index in [1.54, 1.807) is 24.3 Å². The fraction of sp³-hybridized carbons (Fsp3) is 0.391. The van der Waals surface area contributed by atoms with Gasteiger partial charge in [-0.3, -0.25) is 9.59 Å². The maximum atomic E-state index is 13.1. The molecule has 2 aromatic rings. The number of rotatable bonds is 6. The van der Waals surface area contributed by atoms with Crippen LogP contribution in [0.15, 0.2) is 46.9 Å². The second-order valence-electron chi connectivity index (χ2n) is 7.28. The lowest BCUT2D eigenvalue weighted by molar-refractivity contribution is 0.0697. The van der Waals surface area contributed by atoms with Gasteiger partial charge < -0.3 is 15.0 Å². The van der Waals surface area contributed by atoms with Crippen LogP contribution in [0.1, 0.15) is 59.7 Å². The van der Waals surface area contributed by atoms with Crippen molar-refractivity contribution in [3.63, 3.8) is 0 Å². The first-order valence-corrected chi connectivity index (χ1v) is 10.9. The van der Waals surface area contributed by atoms with E-state index in [-0.39, 0.29) is 17.9 Å². The van der Waals surface area contributed by atoms with Crippen molar-refractivity contribution in [2.45, 2.75) is 45.1 Å². The zero-order valence-electron chi connectivity index (χ0n) is 16.9. The van der Waals surface area contributed by atoms with Crippen molar-refractivity contribution >= 4 is 33.4 Å². The van der Waals surface area contributed by atoms with Crippen LogP contribution in [-0.2, 0) is 0 Å². The predicted molar refractivity (Wildman–Crippen MR) is 119 cm³/mol. The van der Waals surface area contributed by atoms with Gasteiger partial charge in [-0.1, -0.05) is 47.3 Å². The van der Waals surface area contributed by atoms with Crippen LogP contribution in [0.4, 0.5) is 5.69 Å². The largest absolute Gasteiger partial charge is 0.493 e. The van der Waals surface area contributed by atoms with Gasteiger partial charge in [0.05, 0.1) is 23.4 Å². The molecular weight excluding hydrogens is 432 g/mol. The summed E-state index contributed by atoms with van der Waals surface area (Å²) in [6.07, 6.45) is 5.62. The average Bonchev–Trinajstić information content (AvgIpc) is 2.75. The molecule has 3 rings (SSSR count). The number of nitrogens with zero attached hydrogens (tertiary/aromatic N) is 1. The molecule has 0 bridgehead atoms. The fourth-order valence-electron chi connectivity index (χ4n) is 3.75. The zero-order valence-corrected chi connectivity index (χ0v) is 18.5. The Balaban J connectivity index is 1.83. The van der Waals surface area contributed by atoms with Crippen molar-refractivity contribution in [2.24, 2.45) is 0 Å². The van der Waals surface area contributed by atoms with Gasteiger partial charge in [-0.15, -0.1) is 0 Å². The zero-order chi connectivity index (χ0) is 20.8. The Morgan fingerprint density at radius 1 is 1.10 bits per heavy atom. The molecule has 6 heteroatoms. The van der Waals surface area contributed by atoms with Crippen LogP contribution in [0.3, 0.4) is 0 Å². The number of nitrogens with one attached hydrogen (secondary N) is 1. The van der Waals surface area contributed by atoms with E-state index in [2.05, 4.69) is 21.2 Å². The van der Waals surface area contributed by atoms with Crippen LogP contribution in [-0.4, -0.2) is 36.4 Å². The van der Waals surface area contributed by atoms with Crippen LogP contribution in [0, 0.1) is 0 Å². The lowest BCUT2D eigenvalue weighted by atomic mass is 9.94. The van der Waals surface area contributed by atoms with Crippen molar-refractivity contribution in [1.82, 2.24) is 4.90 Å². The third-order valence-corrected chi connectivity index (χ3v) is 5.83. The molecular formula is C23H27BrN2O3. The Morgan fingerprint density at radius 2 is 1.83 bits per heavy atom. The highest BCUT2D eigenvalue weighted by Gasteiger charge is 2.25. The molecule has 0 unspecified atom stereocenters. The van der Waals surface area contributed by atoms with Gasteiger partial charge in [-0.25, -0.2) is 0 Å². The Bertz CT molecular complexity index is 878. The third kappa shape index (κ3) is 5.18. The van der Waals surface area contributed by atoms with Gasteiger partial charge in [-0.05, 0) is 50.1 Å². The first kappa shape index (κ1) is 21.4. The summed E-state index contributed by atoms with van der Waals surface area (Å²) in [5.41, 5.74) is 1.43. The second-order valence-corrected chi connectivity index (χ2v) is 8.20. The maximum absolute atomic E-state index is 13.1. The number of para-hydroxylation sites is 1. The van der Waals surface area contributed by atoms with Crippen LogP contribution in [0.25, 0.3) is 0 Å². The molecule has 154 valence electrons. The minimum absolute atomic E-state index is 0.0629. The Hall–Kier alpha value is -2.34. The van der Waals surface area contributed by atoms with Crippen molar-refractivity contribution in [3.05, 3.63) is 58.1 Å². The van der Waals surface area contributed by atoms with E-state index in [0.29, 0.717) is 29.2 Å². The molecule has 1 aliphatic carbocycles. The molecule has 0 atom stereocenters. The topological polar surface area (TPSA) is 58.6 Å². The summed E-state index contributed by atoms with van der Waals surface area (Å²) in [6, 6.07) is 12.7. The molecule has 0 aromatic heterocycles. The van der Waals surface area contributed by atoms with Gasteiger partial charge in [0.15, 0.2) is 0 Å². The molecule has 1 saturated carbocycles. The Morgan fingerprint density at radius 3 is 2.55 bits per heavy atom. The van der Waals surface area contributed by atoms with E-state index < -0.39 is 0 Å². The molecule has 1 fully saturated rings. The normalized spacial score (nSPS) is 14.3. The molecule has 2 aromatic carbocycles. The predicted octanol–water partition coefficient (Wildman–Crippen LogP) is 5.50. The standard InChI is InChI=1S/C23H27BrN2O3/c1-3-29-21-14-13-16(24)15-19(21)22(27)25-20-12-8-7-11-18(20)23(28)26(2)17-9-5-4-6-10-17/h7-8,11-15,17H,3-6,9-10H2,1-2H3,(H,25,27). The SMILES string of the molecule is CCOc1ccc(Br)cc1C(=O)Nc1ccccc1C(=O)N(C)C1CCCCC1. The van der Waals surface area contributed by atoms with Crippen molar-refractivity contribution in [1.29, 1.82) is 0 Å². The number of carbonyl (C=O) groups is 2. The lowest BCUT2D eigenvalue weighted by Crippen LogP contribution is -2.38. The molecule has 0 heterocycles. The summed E-state index contributed by atoms with van der Waals surface area (Å²) in [5.74, 6) is 0.138. The second kappa shape index (κ2) is 9.92. The van der Waals surface area contributed by atoms with Crippen LogP contribution >= 0.6 is 15.9 Å². The molecule has 1 aliphatic rings. The number of carbonyl (C=O) groups excluding carboxylic acids is 2. The van der Waals surface area contributed by atoms with Crippen LogP contribution in [0.5, 0.6) is 5.75 Å². The minimum Gasteiger partial charge on any atom is -0.493 e. The summed E-state index contributed by atoms with van der Waals surface area (Å²) in [4.78, 5) is 27.9. The number of amides is 2. The van der Waals surface area contributed by atoms with Gasteiger partial charge in [0, 0.05) is 17.6 Å².